The number of halogens is 1. The topological polar surface area (TPSA) is 29.1 Å². The summed E-state index contributed by atoms with van der Waals surface area (Å²) in [6, 6.07) is 7.43. The maximum absolute atomic E-state index is 12.1. The van der Waals surface area contributed by atoms with Gasteiger partial charge in [-0.2, -0.15) is 0 Å². The summed E-state index contributed by atoms with van der Waals surface area (Å²) in [7, 11) is 0. The van der Waals surface area contributed by atoms with Crippen LogP contribution in [0.4, 0.5) is 0 Å². The predicted molar refractivity (Wildman–Crippen MR) is 81.4 cm³/mol. The average Bonchev–Trinajstić information content (AvgIpc) is 2.11. The number of nitrogens with one attached hydrogen (secondary N) is 1. The Hall–Kier alpha value is -1.02. The molecular formula is C16H24ClNO. The van der Waals surface area contributed by atoms with Crippen LogP contribution in [0.25, 0.3) is 0 Å². The number of carbonyl (C=O) groups excluding carboxylic acids is 1. The van der Waals surface area contributed by atoms with Gasteiger partial charge in [-0.05, 0) is 43.4 Å². The molecule has 0 spiro atoms. The van der Waals surface area contributed by atoms with Crippen LogP contribution in [0, 0.1) is 5.41 Å². The summed E-state index contributed by atoms with van der Waals surface area (Å²) in [4.78, 5) is 12.1. The van der Waals surface area contributed by atoms with Gasteiger partial charge in [-0.25, -0.2) is 0 Å². The molecule has 0 atom stereocenters. The summed E-state index contributed by atoms with van der Waals surface area (Å²) in [6.45, 7) is 10.7. The lowest BCUT2D eigenvalue weighted by molar-refractivity contribution is -0.122. The normalized spacial score (nSPS) is 12.3. The second-order valence-corrected chi connectivity index (χ2v) is 7.41. The summed E-state index contributed by atoms with van der Waals surface area (Å²) in [5.74, 6) is 0.0384. The van der Waals surface area contributed by atoms with Gasteiger partial charge >= 0.3 is 0 Å². The molecule has 0 bridgehead atoms. The molecule has 2 nitrogen and oxygen atoms in total. The summed E-state index contributed by atoms with van der Waals surface area (Å²) in [5, 5.41) is 3.76. The van der Waals surface area contributed by atoms with Crippen molar-refractivity contribution in [2.45, 2.75) is 53.0 Å². The first-order valence-electron chi connectivity index (χ1n) is 6.63. The number of benzene rings is 1. The van der Waals surface area contributed by atoms with E-state index in [1.165, 1.54) is 0 Å². The van der Waals surface area contributed by atoms with Crippen molar-refractivity contribution >= 4 is 17.5 Å². The van der Waals surface area contributed by atoms with Crippen molar-refractivity contribution < 1.29 is 4.79 Å². The van der Waals surface area contributed by atoms with Crippen LogP contribution in [0.2, 0.25) is 5.02 Å². The van der Waals surface area contributed by atoms with Crippen molar-refractivity contribution in [2.75, 3.05) is 0 Å². The molecular weight excluding hydrogens is 258 g/mol. The Morgan fingerprint density at radius 1 is 1.21 bits per heavy atom. The highest BCUT2D eigenvalue weighted by molar-refractivity contribution is 6.30. The van der Waals surface area contributed by atoms with E-state index in [9.17, 15) is 4.79 Å². The van der Waals surface area contributed by atoms with Gasteiger partial charge < -0.3 is 5.32 Å². The minimum absolute atomic E-state index is 0.0384. The average molecular weight is 282 g/mol. The van der Waals surface area contributed by atoms with Crippen molar-refractivity contribution in [1.29, 1.82) is 0 Å². The first-order valence-corrected chi connectivity index (χ1v) is 7.01. The zero-order valence-corrected chi connectivity index (χ0v) is 13.3. The van der Waals surface area contributed by atoms with E-state index in [2.05, 4.69) is 39.9 Å². The molecule has 0 saturated carbocycles. The second kappa shape index (κ2) is 5.96. The molecule has 106 valence electrons. The van der Waals surface area contributed by atoms with E-state index in [-0.39, 0.29) is 16.9 Å². The molecule has 3 heteroatoms. The van der Waals surface area contributed by atoms with Crippen LogP contribution in [0.15, 0.2) is 24.3 Å². The van der Waals surface area contributed by atoms with Crippen LogP contribution < -0.4 is 5.32 Å². The zero-order valence-electron chi connectivity index (χ0n) is 12.5. The van der Waals surface area contributed by atoms with Gasteiger partial charge in [-0.1, -0.05) is 44.5 Å². The Kier molecular flexibility index (Phi) is 5.03. The third kappa shape index (κ3) is 6.63. The fourth-order valence-corrected chi connectivity index (χ4v) is 2.84. The molecule has 0 fully saturated rings. The number of hydrogen-bond donors (Lipinski definition) is 1. The Morgan fingerprint density at radius 3 is 2.37 bits per heavy atom. The molecule has 19 heavy (non-hydrogen) atoms. The number of rotatable bonds is 4. The van der Waals surface area contributed by atoms with Gasteiger partial charge in [0, 0.05) is 10.6 Å². The smallest absolute Gasteiger partial charge is 0.224 e. The molecule has 0 aliphatic rings. The zero-order chi connectivity index (χ0) is 14.7. The van der Waals surface area contributed by atoms with Gasteiger partial charge in [0.05, 0.1) is 6.42 Å². The predicted octanol–water partition coefficient (Wildman–Crippen LogP) is 4.21. The number of amides is 1. The lowest BCUT2D eigenvalue weighted by Crippen LogP contribution is -2.46. The third-order valence-corrected chi connectivity index (χ3v) is 2.94. The van der Waals surface area contributed by atoms with Gasteiger partial charge in [0.25, 0.3) is 0 Å². The van der Waals surface area contributed by atoms with Crippen LogP contribution in [0.5, 0.6) is 0 Å². The molecule has 0 radical (unpaired) electrons. The maximum Gasteiger partial charge on any atom is 0.224 e. The SMILES string of the molecule is CC(C)(C)CC(C)(C)NC(=O)Cc1cccc(Cl)c1. The van der Waals surface area contributed by atoms with Crippen molar-refractivity contribution in [1.82, 2.24) is 5.32 Å². The highest BCUT2D eigenvalue weighted by Crippen LogP contribution is 2.26. The van der Waals surface area contributed by atoms with Crippen molar-refractivity contribution in [3.8, 4) is 0 Å². The van der Waals surface area contributed by atoms with Crippen LogP contribution in [-0.4, -0.2) is 11.4 Å². The Bertz CT molecular complexity index is 446. The third-order valence-electron chi connectivity index (χ3n) is 2.70. The quantitative estimate of drug-likeness (QED) is 0.880. The van der Waals surface area contributed by atoms with E-state index < -0.39 is 0 Å². The standard InChI is InChI=1S/C16H24ClNO/c1-15(2,3)11-16(4,5)18-14(19)10-12-7-6-8-13(17)9-12/h6-9H,10-11H2,1-5H3,(H,18,19). The van der Waals surface area contributed by atoms with Gasteiger partial charge in [-0.15, -0.1) is 0 Å². The number of carbonyl (C=O) groups is 1. The molecule has 1 N–H and O–H groups in total. The Morgan fingerprint density at radius 2 is 1.84 bits per heavy atom. The summed E-state index contributed by atoms with van der Waals surface area (Å²) in [5.41, 5.74) is 0.928. The number of hydrogen-bond acceptors (Lipinski definition) is 1. The van der Waals surface area contributed by atoms with E-state index in [1.54, 1.807) is 0 Å². The monoisotopic (exact) mass is 281 g/mol. The lowest BCUT2D eigenvalue weighted by atomic mass is 9.81. The van der Waals surface area contributed by atoms with Crippen LogP contribution >= 0.6 is 11.6 Å². The van der Waals surface area contributed by atoms with Crippen molar-refractivity contribution in [3.63, 3.8) is 0 Å². The first-order chi connectivity index (χ1) is 8.57. The van der Waals surface area contributed by atoms with E-state index >= 15 is 0 Å². The molecule has 1 amide bonds. The van der Waals surface area contributed by atoms with Gasteiger partial charge in [0.1, 0.15) is 0 Å². The van der Waals surface area contributed by atoms with Gasteiger partial charge in [0.15, 0.2) is 0 Å². The molecule has 0 heterocycles. The largest absolute Gasteiger partial charge is 0.351 e. The molecule has 0 unspecified atom stereocenters. The van der Waals surface area contributed by atoms with E-state index in [0.29, 0.717) is 11.4 Å². The van der Waals surface area contributed by atoms with Gasteiger partial charge in [0.2, 0.25) is 5.91 Å². The van der Waals surface area contributed by atoms with E-state index in [4.69, 9.17) is 11.6 Å². The molecule has 0 aromatic heterocycles. The molecule has 1 rings (SSSR count). The molecule has 1 aromatic rings. The van der Waals surface area contributed by atoms with Crippen molar-refractivity contribution in [3.05, 3.63) is 34.9 Å². The fourth-order valence-electron chi connectivity index (χ4n) is 2.62. The highest BCUT2D eigenvalue weighted by atomic mass is 35.5. The van der Waals surface area contributed by atoms with Crippen LogP contribution in [-0.2, 0) is 11.2 Å². The molecule has 0 aliphatic heterocycles. The summed E-state index contributed by atoms with van der Waals surface area (Å²) in [6.07, 6.45) is 1.30. The summed E-state index contributed by atoms with van der Waals surface area (Å²) >= 11 is 5.92. The lowest BCUT2D eigenvalue weighted by Gasteiger charge is -2.33. The summed E-state index contributed by atoms with van der Waals surface area (Å²) < 4.78 is 0. The van der Waals surface area contributed by atoms with Crippen molar-refractivity contribution in [2.24, 2.45) is 5.41 Å². The Labute approximate surface area is 121 Å². The fraction of sp³-hybridized carbons (Fsp3) is 0.562. The Balaban J connectivity index is 2.60. The van der Waals surface area contributed by atoms with E-state index in [0.717, 1.165) is 12.0 Å². The maximum atomic E-state index is 12.1. The first kappa shape index (κ1) is 16.0. The van der Waals surface area contributed by atoms with Crippen LogP contribution in [0.1, 0.15) is 46.6 Å². The van der Waals surface area contributed by atoms with Gasteiger partial charge in [-0.3, -0.25) is 4.79 Å². The molecule has 0 aliphatic carbocycles. The minimum Gasteiger partial charge on any atom is -0.351 e. The molecule has 0 saturated heterocycles. The van der Waals surface area contributed by atoms with Crippen LogP contribution in [0.3, 0.4) is 0 Å². The molecule has 1 aromatic carbocycles. The highest BCUT2D eigenvalue weighted by Gasteiger charge is 2.26. The van der Waals surface area contributed by atoms with E-state index in [1.807, 2.05) is 24.3 Å². The second-order valence-electron chi connectivity index (χ2n) is 6.98. The minimum atomic E-state index is -0.200.